The predicted octanol–water partition coefficient (Wildman–Crippen LogP) is 2.39. The summed E-state index contributed by atoms with van der Waals surface area (Å²) >= 11 is 0. The van der Waals surface area contributed by atoms with Crippen LogP contribution in [-0.2, 0) is 17.8 Å². The van der Waals surface area contributed by atoms with E-state index in [2.05, 4.69) is 5.32 Å². The van der Waals surface area contributed by atoms with Crippen LogP contribution in [0.2, 0.25) is 0 Å². The molecule has 1 fully saturated rings. The maximum absolute atomic E-state index is 5.54. The lowest BCUT2D eigenvalue weighted by molar-refractivity contribution is 0.180. The fourth-order valence-corrected chi connectivity index (χ4v) is 2.95. The number of rotatable bonds is 6. The maximum Gasteiger partial charge on any atom is 0.124 e. The molecule has 1 aliphatic rings. The topological polar surface area (TPSA) is 39.7 Å². The summed E-state index contributed by atoms with van der Waals surface area (Å²) < 4.78 is 16.4. The molecule has 0 spiro atoms. The number of ether oxygens (including phenoxy) is 3. The number of methoxy groups -OCH3 is 3. The van der Waals surface area contributed by atoms with Crippen molar-refractivity contribution >= 4 is 0 Å². The zero-order valence-electron chi connectivity index (χ0n) is 12.7. The lowest BCUT2D eigenvalue weighted by Gasteiger charge is -2.25. The molecule has 0 saturated carbocycles. The summed E-state index contributed by atoms with van der Waals surface area (Å²) in [6.07, 6.45) is 3.52. The number of hydrogen-bond acceptors (Lipinski definition) is 4. The van der Waals surface area contributed by atoms with Crippen LogP contribution >= 0.6 is 0 Å². The van der Waals surface area contributed by atoms with Gasteiger partial charge < -0.3 is 19.5 Å². The molecule has 4 nitrogen and oxygen atoms in total. The van der Waals surface area contributed by atoms with Gasteiger partial charge in [0.15, 0.2) is 0 Å². The number of benzene rings is 1. The molecular weight excluding hydrogens is 254 g/mol. The van der Waals surface area contributed by atoms with Gasteiger partial charge in [-0.25, -0.2) is 0 Å². The minimum atomic E-state index is 0.551. The van der Waals surface area contributed by atoms with E-state index in [4.69, 9.17) is 14.2 Å². The van der Waals surface area contributed by atoms with Gasteiger partial charge in [-0.1, -0.05) is 0 Å². The molecule has 0 radical (unpaired) electrons. The Labute approximate surface area is 121 Å². The van der Waals surface area contributed by atoms with Crippen molar-refractivity contribution in [3.8, 4) is 11.5 Å². The van der Waals surface area contributed by atoms with Crippen LogP contribution in [-0.4, -0.2) is 34.4 Å². The van der Waals surface area contributed by atoms with Gasteiger partial charge in [-0.05, 0) is 50.4 Å². The van der Waals surface area contributed by atoms with Crippen molar-refractivity contribution in [2.75, 3.05) is 34.4 Å². The van der Waals surface area contributed by atoms with E-state index in [-0.39, 0.29) is 0 Å². The Morgan fingerprint density at radius 1 is 1.10 bits per heavy atom. The molecule has 1 atom stereocenters. The van der Waals surface area contributed by atoms with E-state index in [9.17, 15) is 0 Å². The van der Waals surface area contributed by atoms with Crippen LogP contribution in [0.15, 0.2) is 12.1 Å². The fraction of sp³-hybridized carbons (Fsp3) is 0.625. The highest BCUT2D eigenvalue weighted by molar-refractivity contribution is 5.48. The van der Waals surface area contributed by atoms with Crippen LogP contribution in [0.1, 0.15) is 24.0 Å². The average Bonchev–Trinajstić information content (AvgIpc) is 2.50. The molecule has 0 aromatic heterocycles. The SMILES string of the molecule is COCc1c(OC)ccc(OC)c1CC1CCCNC1. The summed E-state index contributed by atoms with van der Waals surface area (Å²) in [7, 11) is 5.14. The average molecular weight is 279 g/mol. The highest BCUT2D eigenvalue weighted by Gasteiger charge is 2.20. The van der Waals surface area contributed by atoms with Gasteiger partial charge in [0.25, 0.3) is 0 Å². The van der Waals surface area contributed by atoms with Crippen LogP contribution < -0.4 is 14.8 Å². The number of hydrogen-bond donors (Lipinski definition) is 1. The molecule has 0 bridgehead atoms. The highest BCUT2D eigenvalue weighted by Crippen LogP contribution is 2.33. The van der Waals surface area contributed by atoms with Crippen molar-refractivity contribution in [1.29, 1.82) is 0 Å². The van der Waals surface area contributed by atoms with Crippen molar-refractivity contribution in [1.82, 2.24) is 5.32 Å². The van der Waals surface area contributed by atoms with Crippen molar-refractivity contribution in [2.24, 2.45) is 5.92 Å². The molecule has 1 heterocycles. The van der Waals surface area contributed by atoms with Crippen LogP contribution in [0.25, 0.3) is 0 Å². The largest absolute Gasteiger partial charge is 0.496 e. The summed E-state index contributed by atoms with van der Waals surface area (Å²) in [5, 5.41) is 3.47. The predicted molar refractivity (Wildman–Crippen MR) is 79.6 cm³/mol. The fourth-order valence-electron chi connectivity index (χ4n) is 2.95. The monoisotopic (exact) mass is 279 g/mol. The Morgan fingerprint density at radius 3 is 2.35 bits per heavy atom. The van der Waals surface area contributed by atoms with Gasteiger partial charge >= 0.3 is 0 Å². The minimum absolute atomic E-state index is 0.551. The first-order valence-corrected chi connectivity index (χ1v) is 7.22. The van der Waals surface area contributed by atoms with Gasteiger partial charge in [-0.15, -0.1) is 0 Å². The molecule has 0 aliphatic carbocycles. The van der Waals surface area contributed by atoms with E-state index in [0.29, 0.717) is 12.5 Å². The van der Waals surface area contributed by atoms with Crippen LogP contribution in [0.5, 0.6) is 11.5 Å². The van der Waals surface area contributed by atoms with E-state index < -0.39 is 0 Å². The molecule has 1 N–H and O–H groups in total. The summed E-state index contributed by atoms with van der Waals surface area (Å²) in [5.41, 5.74) is 2.34. The van der Waals surface area contributed by atoms with Crippen molar-refractivity contribution in [3.63, 3.8) is 0 Å². The summed E-state index contributed by atoms with van der Waals surface area (Å²) in [5.74, 6) is 2.47. The third-order valence-corrected chi connectivity index (χ3v) is 3.97. The first-order valence-electron chi connectivity index (χ1n) is 7.22. The summed E-state index contributed by atoms with van der Waals surface area (Å²) in [6, 6.07) is 3.94. The molecule has 1 aliphatic heterocycles. The van der Waals surface area contributed by atoms with Crippen molar-refractivity contribution in [2.45, 2.75) is 25.9 Å². The van der Waals surface area contributed by atoms with Crippen LogP contribution in [0.4, 0.5) is 0 Å². The second-order valence-electron chi connectivity index (χ2n) is 5.28. The normalized spacial score (nSPS) is 18.9. The zero-order chi connectivity index (χ0) is 14.4. The van der Waals surface area contributed by atoms with E-state index in [1.54, 1.807) is 21.3 Å². The Hall–Kier alpha value is -1.26. The Kier molecular flexibility index (Phi) is 5.68. The lowest BCUT2D eigenvalue weighted by Crippen LogP contribution is -2.31. The maximum atomic E-state index is 5.54. The Morgan fingerprint density at radius 2 is 1.80 bits per heavy atom. The minimum Gasteiger partial charge on any atom is -0.496 e. The van der Waals surface area contributed by atoms with Crippen LogP contribution in [0, 0.1) is 5.92 Å². The zero-order valence-corrected chi connectivity index (χ0v) is 12.7. The van der Waals surface area contributed by atoms with Gasteiger partial charge in [0, 0.05) is 18.2 Å². The second-order valence-corrected chi connectivity index (χ2v) is 5.28. The van der Waals surface area contributed by atoms with E-state index in [1.807, 2.05) is 12.1 Å². The molecular formula is C16H25NO3. The second kappa shape index (κ2) is 7.50. The first-order chi connectivity index (χ1) is 9.80. The molecule has 1 unspecified atom stereocenters. The molecule has 20 heavy (non-hydrogen) atoms. The number of piperidine rings is 1. The highest BCUT2D eigenvalue weighted by atomic mass is 16.5. The van der Waals surface area contributed by atoms with Gasteiger partial charge in [-0.3, -0.25) is 0 Å². The summed E-state index contributed by atoms with van der Waals surface area (Å²) in [6.45, 7) is 2.76. The van der Waals surface area contributed by atoms with Gasteiger partial charge in [0.05, 0.1) is 20.8 Å². The lowest BCUT2D eigenvalue weighted by atomic mass is 9.89. The molecule has 4 heteroatoms. The molecule has 1 saturated heterocycles. The van der Waals surface area contributed by atoms with Crippen LogP contribution in [0.3, 0.4) is 0 Å². The number of nitrogens with one attached hydrogen (secondary N) is 1. The third-order valence-electron chi connectivity index (χ3n) is 3.97. The third kappa shape index (κ3) is 3.44. The quantitative estimate of drug-likeness (QED) is 0.868. The van der Waals surface area contributed by atoms with E-state index >= 15 is 0 Å². The Balaban J connectivity index is 2.30. The van der Waals surface area contributed by atoms with E-state index in [1.165, 1.54) is 18.4 Å². The standard InChI is InChI=1S/C16H25NO3/c1-18-11-14-13(9-12-5-4-8-17-10-12)15(19-2)6-7-16(14)20-3/h6-7,12,17H,4-5,8-11H2,1-3H3. The summed E-state index contributed by atoms with van der Waals surface area (Å²) in [4.78, 5) is 0. The van der Waals surface area contributed by atoms with Gasteiger partial charge in [0.2, 0.25) is 0 Å². The molecule has 2 rings (SSSR count). The van der Waals surface area contributed by atoms with Crippen molar-refractivity contribution in [3.05, 3.63) is 23.3 Å². The molecule has 112 valence electrons. The molecule has 0 amide bonds. The smallest absolute Gasteiger partial charge is 0.124 e. The molecule has 1 aromatic rings. The van der Waals surface area contributed by atoms with Gasteiger partial charge in [-0.2, -0.15) is 0 Å². The Bertz CT molecular complexity index is 428. The molecule has 1 aromatic carbocycles. The van der Waals surface area contributed by atoms with Gasteiger partial charge in [0.1, 0.15) is 11.5 Å². The van der Waals surface area contributed by atoms with Crippen molar-refractivity contribution < 1.29 is 14.2 Å². The first kappa shape index (κ1) is 15.1. The van der Waals surface area contributed by atoms with E-state index in [0.717, 1.165) is 36.6 Å².